The lowest BCUT2D eigenvalue weighted by Gasteiger charge is -2.32. The summed E-state index contributed by atoms with van der Waals surface area (Å²) in [5, 5.41) is 3.02. The Kier molecular flexibility index (Phi) is 4.97. The minimum Gasteiger partial charge on any atom is -0.356 e. The molecule has 19 heavy (non-hydrogen) atoms. The third-order valence-corrected chi connectivity index (χ3v) is 4.04. The van der Waals surface area contributed by atoms with Crippen LogP contribution in [0.1, 0.15) is 37.2 Å². The molecule has 1 saturated heterocycles. The highest BCUT2D eigenvalue weighted by molar-refractivity contribution is 5.75. The van der Waals surface area contributed by atoms with Crippen molar-refractivity contribution in [2.45, 2.75) is 37.6 Å². The van der Waals surface area contributed by atoms with Crippen molar-refractivity contribution in [2.75, 3.05) is 20.6 Å². The second kappa shape index (κ2) is 6.71. The molecule has 0 bridgehead atoms. The van der Waals surface area contributed by atoms with Crippen LogP contribution in [0, 0.1) is 0 Å². The monoisotopic (exact) mass is 260 g/mol. The molecule has 0 saturated carbocycles. The molecule has 2 unspecified atom stereocenters. The highest BCUT2D eigenvalue weighted by Crippen LogP contribution is 2.30. The average molecular weight is 260 g/mol. The molecule has 1 heterocycles. The highest BCUT2D eigenvalue weighted by Gasteiger charge is 2.26. The molecule has 104 valence electrons. The Bertz CT molecular complexity index is 402. The Morgan fingerprint density at radius 1 is 1.16 bits per heavy atom. The van der Waals surface area contributed by atoms with Gasteiger partial charge in [0.25, 0.3) is 0 Å². The number of hydrogen-bond donors (Lipinski definition) is 1. The lowest BCUT2D eigenvalue weighted by atomic mass is 9.85. The summed E-state index contributed by atoms with van der Waals surface area (Å²) in [5.74, 6) is 0.718. The Morgan fingerprint density at radius 3 is 2.58 bits per heavy atom. The van der Waals surface area contributed by atoms with Crippen LogP contribution in [0.25, 0.3) is 0 Å². The van der Waals surface area contributed by atoms with Gasteiger partial charge in [-0.2, -0.15) is 0 Å². The molecule has 2 rings (SSSR count). The molecule has 1 amide bonds. The Labute approximate surface area is 116 Å². The Morgan fingerprint density at radius 2 is 1.89 bits per heavy atom. The second-order valence-corrected chi connectivity index (χ2v) is 5.58. The number of amides is 1. The van der Waals surface area contributed by atoms with E-state index in [9.17, 15) is 4.79 Å². The molecule has 1 aromatic rings. The summed E-state index contributed by atoms with van der Waals surface area (Å²) in [4.78, 5) is 13.9. The number of nitrogens with one attached hydrogen (secondary N) is 1. The number of rotatable bonds is 2. The van der Waals surface area contributed by atoms with Crippen LogP contribution in [0.15, 0.2) is 30.3 Å². The number of carbonyl (C=O) groups is 1. The summed E-state index contributed by atoms with van der Waals surface area (Å²) >= 11 is 0. The molecule has 3 nitrogen and oxygen atoms in total. The summed E-state index contributed by atoms with van der Waals surface area (Å²) in [6, 6.07) is 11.2. The van der Waals surface area contributed by atoms with Crippen molar-refractivity contribution in [3.05, 3.63) is 35.9 Å². The van der Waals surface area contributed by atoms with Crippen LogP contribution < -0.4 is 5.32 Å². The third kappa shape index (κ3) is 3.80. The van der Waals surface area contributed by atoms with E-state index in [4.69, 9.17) is 0 Å². The van der Waals surface area contributed by atoms with Crippen LogP contribution in [0.5, 0.6) is 0 Å². The van der Waals surface area contributed by atoms with Gasteiger partial charge in [0, 0.05) is 19.0 Å². The third-order valence-electron chi connectivity index (χ3n) is 4.04. The first-order valence-corrected chi connectivity index (χ1v) is 7.16. The van der Waals surface area contributed by atoms with Gasteiger partial charge in [0.05, 0.1) is 0 Å². The molecule has 2 atom stereocenters. The zero-order chi connectivity index (χ0) is 13.7. The van der Waals surface area contributed by atoms with Gasteiger partial charge >= 0.3 is 0 Å². The lowest BCUT2D eigenvalue weighted by Crippen LogP contribution is -2.36. The zero-order valence-electron chi connectivity index (χ0n) is 11.9. The van der Waals surface area contributed by atoms with Gasteiger partial charge in [-0.15, -0.1) is 0 Å². The second-order valence-electron chi connectivity index (χ2n) is 5.58. The van der Waals surface area contributed by atoms with E-state index in [0.29, 0.717) is 18.4 Å². The van der Waals surface area contributed by atoms with E-state index in [0.717, 1.165) is 25.8 Å². The first kappa shape index (κ1) is 14.1. The van der Waals surface area contributed by atoms with Gasteiger partial charge in [-0.05, 0) is 44.8 Å². The van der Waals surface area contributed by atoms with Crippen LogP contribution in [0.3, 0.4) is 0 Å². The lowest BCUT2D eigenvalue weighted by molar-refractivity contribution is -0.121. The van der Waals surface area contributed by atoms with Crippen molar-refractivity contribution in [3.8, 4) is 0 Å². The molecular weight excluding hydrogens is 236 g/mol. The summed E-state index contributed by atoms with van der Waals surface area (Å²) in [7, 11) is 4.28. The Balaban J connectivity index is 2.21. The van der Waals surface area contributed by atoms with E-state index in [1.165, 1.54) is 5.56 Å². The van der Waals surface area contributed by atoms with Crippen molar-refractivity contribution in [1.29, 1.82) is 0 Å². The average Bonchev–Trinajstić information content (AvgIpc) is 2.50. The molecule has 1 N–H and O–H groups in total. The molecule has 0 aliphatic carbocycles. The predicted octanol–water partition coefficient (Wildman–Crippen LogP) is 2.39. The first-order chi connectivity index (χ1) is 9.18. The van der Waals surface area contributed by atoms with Gasteiger partial charge in [-0.3, -0.25) is 4.79 Å². The topological polar surface area (TPSA) is 32.3 Å². The Hall–Kier alpha value is -1.35. The minimum absolute atomic E-state index is 0.200. The fourth-order valence-corrected chi connectivity index (χ4v) is 3.03. The number of hydrogen-bond acceptors (Lipinski definition) is 2. The number of nitrogens with zero attached hydrogens (tertiary/aromatic N) is 1. The molecule has 1 aromatic carbocycles. The van der Waals surface area contributed by atoms with Crippen LogP contribution in [0.2, 0.25) is 0 Å². The predicted molar refractivity (Wildman–Crippen MR) is 78.1 cm³/mol. The van der Waals surface area contributed by atoms with Gasteiger partial charge in [-0.1, -0.05) is 30.3 Å². The van der Waals surface area contributed by atoms with Crippen molar-refractivity contribution in [3.63, 3.8) is 0 Å². The summed E-state index contributed by atoms with van der Waals surface area (Å²) in [6.07, 6.45) is 3.72. The molecule has 0 radical (unpaired) electrons. The van der Waals surface area contributed by atoms with E-state index >= 15 is 0 Å². The number of likely N-dealkylation sites (N-methyl/N-ethyl adjacent to an activating group) is 1. The van der Waals surface area contributed by atoms with E-state index in [2.05, 4.69) is 54.6 Å². The smallest absolute Gasteiger partial charge is 0.219 e. The number of benzene rings is 1. The van der Waals surface area contributed by atoms with E-state index in [-0.39, 0.29) is 5.91 Å². The van der Waals surface area contributed by atoms with Crippen LogP contribution >= 0.6 is 0 Å². The van der Waals surface area contributed by atoms with E-state index in [1.54, 1.807) is 0 Å². The molecule has 1 fully saturated rings. The standard InChI is InChI=1S/C16H24N2O/c1-18(2)15-11-12-17-16(19)10-6-9-14(15)13-7-4-3-5-8-13/h3-5,7-8,14-15H,6,9-12H2,1-2H3,(H,17,19). The van der Waals surface area contributed by atoms with Gasteiger partial charge in [0.2, 0.25) is 5.91 Å². The first-order valence-electron chi connectivity index (χ1n) is 7.16. The van der Waals surface area contributed by atoms with Gasteiger partial charge in [-0.25, -0.2) is 0 Å². The SMILES string of the molecule is CN(C)C1CCNC(=O)CCCC1c1ccccc1. The molecule has 1 aliphatic heterocycles. The van der Waals surface area contributed by atoms with Crippen LogP contribution in [-0.2, 0) is 4.79 Å². The zero-order valence-corrected chi connectivity index (χ0v) is 11.9. The van der Waals surface area contributed by atoms with Crippen LogP contribution in [0.4, 0.5) is 0 Å². The molecule has 1 aliphatic rings. The van der Waals surface area contributed by atoms with E-state index < -0.39 is 0 Å². The molecule has 0 aromatic heterocycles. The quantitative estimate of drug-likeness (QED) is 0.885. The largest absolute Gasteiger partial charge is 0.356 e. The van der Waals surface area contributed by atoms with Crippen molar-refractivity contribution < 1.29 is 4.79 Å². The maximum Gasteiger partial charge on any atom is 0.219 e. The van der Waals surface area contributed by atoms with Gasteiger partial charge in [0.1, 0.15) is 0 Å². The summed E-state index contributed by atoms with van der Waals surface area (Å²) in [6.45, 7) is 0.783. The summed E-state index contributed by atoms with van der Waals surface area (Å²) < 4.78 is 0. The fourth-order valence-electron chi connectivity index (χ4n) is 3.03. The maximum atomic E-state index is 11.6. The van der Waals surface area contributed by atoms with Gasteiger partial charge in [0.15, 0.2) is 0 Å². The normalized spacial score (nSPS) is 25.3. The highest BCUT2D eigenvalue weighted by atomic mass is 16.1. The van der Waals surface area contributed by atoms with Crippen LogP contribution in [-0.4, -0.2) is 37.5 Å². The van der Waals surface area contributed by atoms with Crippen molar-refractivity contribution >= 4 is 5.91 Å². The van der Waals surface area contributed by atoms with Crippen molar-refractivity contribution in [2.24, 2.45) is 0 Å². The molecule has 3 heteroatoms. The fraction of sp³-hybridized carbons (Fsp3) is 0.562. The molecular formula is C16H24N2O. The maximum absolute atomic E-state index is 11.6. The minimum atomic E-state index is 0.200. The number of carbonyl (C=O) groups excluding carboxylic acids is 1. The van der Waals surface area contributed by atoms with Gasteiger partial charge < -0.3 is 10.2 Å². The van der Waals surface area contributed by atoms with Crippen molar-refractivity contribution in [1.82, 2.24) is 10.2 Å². The summed E-state index contributed by atoms with van der Waals surface area (Å²) in [5.41, 5.74) is 1.40. The molecule has 0 spiro atoms. The van der Waals surface area contributed by atoms with E-state index in [1.807, 2.05) is 0 Å².